The van der Waals surface area contributed by atoms with Gasteiger partial charge < -0.3 is 0 Å². The molecule has 0 spiro atoms. The lowest BCUT2D eigenvalue weighted by atomic mass is 10.0. The lowest BCUT2D eigenvalue weighted by Crippen LogP contribution is -2.01. The molecule has 0 unspecified atom stereocenters. The van der Waals surface area contributed by atoms with Gasteiger partial charge in [-0.3, -0.25) is 10.2 Å². The largest absolute Gasteiger partial charge is 0.289 e. The molecule has 0 atom stereocenters. The molecule has 0 aromatic carbocycles. The summed E-state index contributed by atoms with van der Waals surface area (Å²) in [4.78, 5) is 0. The van der Waals surface area contributed by atoms with E-state index in [9.17, 15) is 0 Å². The van der Waals surface area contributed by atoms with E-state index in [1.54, 1.807) is 0 Å². The predicted molar refractivity (Wildman–Crippen MR) is 56.0 cm³/mol. The Labute approximate surface area is 75.2 Å². The summed E-state index contributed by atoms with van der Waals surface area (Å²) in [7, 11) is 2.13. The Morgan fingerprint density at radius 1 is 1.00 bits per heavy atom. The van der Waals surface area contributed by atoms with Crippen molar-refractivity contribution in [3.63, 3.8) is 0 Å². The number of rotatable bonds is 6. The van der Waals surface area contributed by atoms with Gasteiger partial charge in [-0.05, 0) is 0 Å². The third-order valence-corrected chi connectivity index (χ3v) is 2.31. The average Bonchev–Trinajstić information content (AvgIpc) is 1.85. The van der Waals surface area contributed by atoms with Gasteiger partial charge in [0.15, 0.2) is 0 Å². The van der Waals surface area contributed by atoms with Gasteiger partial charge in [0.2, 0.25) is 0 Å². The average molecular weight is 171 g/mol. The predicted octanol–water partition coefficient (Wildman–Crippen LogP) is 3.18. The highest BCUT2D eigenvalue weighted by Crippen LogP contribution is 2.26. The Morgan fingerprint density at radius 2 is 1.55 bits per heavy atom. The van der Waals surface area contributed by atoms with Gasteiger partial charge in [0.1, 0.15) is 0 Å². The van der Waals surface area contributed by atoms with Gasteiger partial charge in [-0.1, -0.05) is 59.3 Å². The van der Waals surface area contributed by atoms with E-state index < -0.39 is 0 Å². The summed E-state index contributed by atoms with van der Waals surface area (Å²) in [5.74, 6) is 0. The van der Waals surface area contributed by atoms with Crippen LogP contribution >= 0.6 is 0 Å². The van der Waals surface area contributed by atoms with Crippen molar-refractivity contribution in [2.24, 2.45) is 0 Å². The van der Waals surface area contributed by atoms with Crippen molar-refractivity contribution in [1.29, 1.82) is 0 Å². The zero-order valence-corrected chi connectivity index (χ0v) is 9.86. The second-order valence-electron chi connectivity index (χ2n) is 4.33. The Hall–Kier alpha value is 0.217. The normalized spacial score (nSPS) is 12.0. The van der Waals surface area contributed by atoms with Crippen molar-refractivity contribution in [3.8, 4) is 0 Å². The number of unbranched alkanes of at least 4 members (excludes halogenated alkanes) is 4. The van der Waals surface area contributed by atoms with Crippen LogP contribution in [0.1, 0.15) is 59.3 Å². The van der Waals surface area contributed by atoms with E-state index in [2.05, 4.69) is 31.0 Å². The van der Waals surface area contributed by atoms with Crippen molar-refractivity contribution >= 4 is 10.2 Å². The Morgan fingerprint density at radius 3 is 2.00 bits per heavy atom. The van der Waals surface area contributed by atoms with Gasteiger partial charge in [0, 0.05) is 0 Å². The molecule has 0 aliphatic heterocycles. The number of hydrogen-bond acceptors (Lipinski definition) is 0. The summed E-state index contributed by atoms with van der Waals surface area (Å²) in [5.41, 5.74) is 0. The number of hydrogen-bond donors (Lipinski definition) is 0. The fourth-order valence-corrected chi connectivity index (χ4v) is 1.46. The van der Waals surface area contributed by atoms with Gasteiger partial charge in [-0.15, -0.1) is 0 Å². The van der Waals surface area contributed by atoms with Crippen LogP contribution in [-0.2, 0) is 0 Å². The first-order valence-electron chi connectivity index (χ1n) is 4.91. The van der Waals surface area contributed by atoms with E-state index in [1.807, 2.05) is 0 Å². The molecule has 0 amide bonds. The van der Waals surface area contributed by atoms with Crippen LogP contribution in [0.3, 0.4) is 0 Å². The molecule has 0 N–H and O–H groups in total. The molecule has 0 rings (SSSR count). The zero-order valence-electron chi connectivity index (χ0n) is 8.45. The van der Waals surface area contributed by atoms with Crippen LogP contribution in [0.4, 0.5) is 0 Å². The monoisotopic (exact) mass is 171 g/mol. The van der Waals surface area contributed by atoms with E-state index in [4.69, 9.17) is 0 Å². The molecule has 0 saturated carbocycles. The SMILES string of the molecule is CCCCCCCC(C)(C)[SiH2-]. The van der Waals surface area contributed by atoms with E-state index in [0.717, 1.165) is 0 Å². The van der Waals surface area contributed by atoms with Crippen LogP contribution in [0, 0.1) is 0 Å². The Kier molecular flexibility index (Phi) is 5.93. The first kappa shape index (κ1) is 11.2. The molecule has 11 heavy (non-hydrogen) atoms. The third kappa shape index (κ3) is 10.2. The maximum Gasteiger partial charge on any atom is -0.0533 e. The summed E-state index contributed by atoms with van der Waals surface area (Å²) < 4.78 is 0. The fourth-order valence-electron chi connectivity index (χ4n) is 1.21. The maximum absolute atomic E-state index is 2.34. The Balaban J connectivity index is 3.02. The summed E-state index contributed by atoms with van der Waals surface area (Å²) in [6.07, 6.45) is 8.49. The molecule has 0 aromatic heterocycles. The highest BCUT2D eigenvalue weighted by atomic mass is 28.1. The molecule has 1 heteroatoms. The molecule has 0 fully saturated rings. The second-order valence-corrected chi connectivity index (χ2v) is 6.24. The molecule has 0 aromatic rings. The van der Waals surface area contributed by atoms with Gasteiger partial charge in [-0.2, -0.15) is 5.04 Å². The van der Waals surface area contributed by atoms with Crippen LogP contribution in [0.15, 0.2) is 0 Å². The van der Waals surface area contributed by atoms with E-state index in [0.29, 0.717) is 5.04 Å². The van der Waals surface area contributed by atoms with E-state index in [-0.39, 0.29) is 0 Å². The van der Waals surface area contributed by atoms with Crippen molar-refractivity contribution < 1.29 is 0 Å². The van der Waals surface area contributed by atoms with E-state index >= 15 is 0 Å². The molecule has 0 radical (unpaired) electrons. The first-order chi connectivity index (χ1) is 5.06. The minimum Gasteiger partial charge on any atom is -0.289 e. The van der Waals surface area contributed by atoms with Gasteiger partial charge in [0.25, 0.3) is 0 Å². The highest BCUT2D eigenvalue weighted by Gasteiger charge is 2.00. The van der Waals surface area contributed by atoms with Crippen LogP contribution < -0.4 is 0 Å². The van der Waals surface area contributed by atoms with Gasteiger partial charge in [-0.25, -0.2) is 0 Å². The highest BCUT2D eigenvalue weighted by molar-refractivity contribution is 6.14. The lowest BCUT2D eigenvalue weighted by Gasteiger charge is -2.25. The molecule has 0 nitrogen and oxygen atoms in total. The third-order valence-electron chi connectivity index (χ3n) is 1.96. The van der Waals surface area contributed by atoms with E-state index in [1.165, 1.54) is 38.5 Å². The first-order valence-corrected chi connectivity index (χ1v) is 5.62. The van der Waals surface area contributed by atoms with Crippen molar-refractivity contribution in [2.45, 2.75) is 64.3 Å². The van der Waals surface area contributed by atoms with Crippen LogP contribution in [0.5, 0.6) is 0 Å². The molecule has 0 bridgehead atoms. The quantitative estimate of drug-likeness (QED) is 0.425. The minimum absolute atomic E-state index is 0.576. The molecule has 0 saturated heterocycles. The van der Waals surface area contributed by atoms with Crippen molar-refractivity contribution in [2.75, 3.05) is 0 Å². The fraction of sp³-hybridized carbons (Fsp3) is 1.00. The zero-order chi connectivity index (χ0) is 8.74. The van der Waals surface area contributed by atoms with Gasteiger partial charge >= 0.3 is 0 Å². The van der Waals surface area contributed by atoms with Crippen LogP contribution in [0.25, 0.3) is 0 Å². The lowest BCUT2D eigenvalue weighted by molar-refractivity contribution is 0.534. The summed E-state index contributed by atoms with van der Waals surface area (Å²) in [6.45, 7) is 6.95. The second kappa shape index (κ2) is 5.82. The topological polar surface area (TPSA) is 0 Å². The molecule has 68 valence electrons. The molecule has 0 aliphatic carbocycles. The standard InChI is InChI=1S/C10H23Si/c1-4-5-6-7-8-9-10(2,3)11/h4-9,11H2,1-3H3/q-1. The summed E-state index contributed by atoms with van der Waals surface area (Å²) in [6, 6.07) is 0. The molecule has 0 aliphatic rings. The molecule has 0 heterocycles. The summed E-state index contributed by atoms with van der Waals surface area (Å²) in [5, 5.41) is 0.576. The van der Waals surface area contributed by atoms with Crippen LogP contribution in [0.2, 0.25) is 5.04 Å². The smallest absolute Gasteiger partial charge is 0.0533 e. The Bertz CT molecular complexity index is 81.4. The maximum atomic E-state index is 2.34. The van der Waals surface area contributed by atoms with Crippen LogP contribution in [-0.4, -0.2) is 10.2 Å². The summed E-state index contributed by atoms with van der Waals surface area (Å²) >= 11 is 0. The molecular weight excluding hydrogens is 148 g/mol. The minimum atomic E-state index is 0.576. The molecular formula is C10H23Si-. The van der Waals surface area contributed by atoms with Crippen molar-refractivity contribution in [1.82, 2.24) is 0 Å². The van der Waals surface area contributed by atoms with Gasteiger partial charge in [0.05, 0.1) is 0 Å². The van der Waals surface area contributed by atoms with Crippen molar-refractivity contribution in [3.05, 3.63) is 0 Å².